The van der Waals surface area contributed by atoms with Crippen LogP contribution in [0, 0.1) is 0 Å². The van der Waals surface area contributed by atoms with Crippen LogP contribution in [0.5, 0.6) is 0 Å². The normalized spacial score (nSPS) is 10.5. The van der Waals surface area contributed by atoms with Gasteiger partial charge in [-0.15, -0.1) is 0 Å². The maximum atomic E-state index is 5.46. The SMILES string of the molecule is NCCc1ccoc1-c1cnoc1. The smallest absolute Gasteiger partial charge is 0.141 e. The first-order valence-electron chi connectivity index (χ1n) is 4.08. The summed E-state index contributed by atoms with van der Waals surface area (Å²) in [5, 5.41) is 3.61. The number of nitrogens with zero attached hydrogens (tertiary/aromatic N) is 1. The van der Waals surface area contributed by atoms with Gasteiger partial charge in [-0.25, -0.2) is 0 Å². The van der Waals surface area contributed by atoms with Gasteiger partial charge in [0.15, 0.2) is 0 Å². The lowest BCUT2D eigenvalue weighted by Crippen LogP contribution is -2.02. The molecule has 0 aliphatic heterocycles. The van der Waals surface area contributed by atoms with E-state index in [0.717, 1.165) is 23.3 Å². The summed E-state index contributed by atoms with van der Waals surface area (Å²) in [6.45, 7) is 0.609. The van der Waals surface area contributed by atoms with Crippen molar-refractivity contribution in [3.05, 3.63) is 30.4 Å². The Labute approximate surface area is 75.3 Å². The Kier molecular flexibility index (Phi) is 2.14. The first-order chi connectivity index (χ1) is 6.42. The average molecular weight is 178 g/mol. The molecule has 2 aromatic heterocycles. The van der Waals surface area contributed by atoms with E-state index in [2.05, 4.69) is 5.16 Å². The van der Waals surface area contributed by atoms with Gasteiger partial charge < -0.3 is 14.7 Å². The Morgan fingerprint density at radius 3 is 3.08 bits per heavy atom. The van der Waals surface area contributed by atoms with Gasteiger partial charge in [0.25, 0.3) is 0 Å². The first kappa shape index (κ1) is 8.07. The van der Waals surface area contributed by atoms with Crippen LogP contribution < -0.4 is 5.73 Å². The van der Waals surface area contributed by atoms with E-state index in [1.807, 2.05) is 6.07 Å². The minimum Gasteiger partial charge on any atom is -0.464 e. The molecule has 2 rings (SSSR count). The second-order valence-electron chi connectivity index (χ2n) is 2.73. The van der Waals surface area contributed by atoms with Crippen molar-refractivity contribution in [1.29, 1.82) is 0 Å². The van der Waals surface area contributed by atoms with Gasteiger partial charge in [0, 0.05) is 0 Å². The van der Waals surface area contributed by atoms with E-state index in [1.165, 1.54) is 0 Å². The highest BCUT2D eigenvalue weighted by Gasteiger charge is 2.09. The molecule has 68 valence electrons. The molecule has 0 saturated heterocycles. The van der Waals surface area contributed by atoms with Crippen molar-refractivity contribution >= 4 is 0 Å². The van der Waals surface area contributed by atoms with Gasteiger partial charge in [-0.3, -0.25) is 0 Å². The van der Waals surface area contributed by atoms with Crippen LogP contribution in [0.25, 0.3) is 11.3 Å². The largest absolute Gasteiger partial charge is 0.464 e. The van der Waals surface area contributed by atoms with Crippen LogP contribution in [-0.2, 0) is 6.42 Å². The lowest BCUT2D eigenvalue weighted by Gasteiger charge is -1.95. The number of rotatable bonds is 3. The fourth-order valence-corrected chi connectivity index (χ4v) is 1.26. The van der Waals surface area contributed by atoms with Crippen molar-refractivity contribution < 1.29 is 8.94 Å². The summed E-state index contributed by atoms with van der Waals surface area (Å²) < 4.78 is 10.0. The molecule has 2 heterocycles. The van der Waals surface area contributed by atoms with Crippen LogP contribution >= 0.6 is 0 Å². The molecule has 0 unspecified atom stereocenters. The van der Waals surface area contributed by atoms with Crippen LogP contribution in [0.2, 0.25) is 0 Å². The van der Waals surface area contributed by atoms with Crippen LogP contribution in [-0.4, -0.2) is 11.7 Å². The molecule has 0 amide bonds. The molecule has 0 spiro atoms. The summed E-state index contributed by atoms with van der Waals surface area (Å²) in [7, 11) is 0. The minimum atomic E-state index is 0.609. The van der Waals surface area contributed by atoms with Crippen LogP contribution in [0.15, 0.2) is 33.7 Å². The zero-order valence-electron chi connectivity index (χ0n) is 7.06. The number of nitrogens with two attached hydrogens (primary N) is 1. The Hall–Kier alpha value is -1.55. The van der Waals surface area contributed by atoms with Gasteiger partial charge in [-0.2, -0.15) is 0 Å². The Balaban J connectivity index is 2.35. The topological polar surface area (TPSA) is 65.2 Å². The molecule has 4 nitrogen and oxygen atoms in total. The van der Waals surface area contributed by atoms with Crippen LogP contribution in [0.3, 0.4) is 0 Å². The van der Waals surface area contributed by atoms with Crippen molar-refractivity contribution in [2.24, 2.45) is 5.73 Å². The highest BCUT2D eigenvalue weighted by Crippen LogP contribution is 2.24. The molecule has 0 fully saturated rings. The predicted molar refractivity (Wildman–Crippen MR) is 47.0 cm³/mol. The summed E-state index contributed by atoms with van der Waals surface area (Å²) in [5.41, 5.74) is 7.40. The molecule has 0 aromatic carbocycles. The fourth-order valence-electron chi connectivity index (χ4n) is 1.26. The predicted octanol–water partition coefficient (Wildman–Crippen LogP) is 1.44. The van der Waals surface area contributed by atoms with E-state index in [9.17, 15) is 0 Å². The summed E-state index contributed by atoms with van der Waals surface area (Å²) in [6.07, 6.45) is 5.63. The maximum absolute atomic E-state index is 5.46. The highest BCUT2D eigenvalue weighted by atomic mass is 16.5. The van der Waals surface area contributed by atoms with Crippen molar-refractivity contribution in [2.45, 2.75) is 6.42 Å². The first-order valence-corrected chi connectivity index (χ1v) is 4.08. The molecule has 0 saturated carbocycles. The summed E-state index contributed by atoms with van der Waals surface area (Å²) in [5.74, 6) is 0.798. The zero-order valence-corrected chi connectivity index (χ0v) is 7.06. The van der Waals surface area contributed by atoms with E-state index in [1.54, 1.807) is 18.7 Å². The third-order valence-corrected chi connectivity index (χ3v) is 1.85. The lowest BCUT2D eigenvalue weighted by atomic mass is 10.1. The van der Waals surface area contributed by atoms with E-state index < -0.39 is 0 Å². The second kappa shape index (κ2) is 3.45. The highest BCUT2D eigenvalue weighted by molar-refractivity contribution is 5.58. The molecular weight excluding hydrogens is 168 g/mol. The maximum Gasteiger partial charge on any atom is 0.141 e. The van der Waals surface area contributed by atoms with Gasteiger partial charge in [-0.1, -0.05) is 5.16 Å². The van der Waals surface area contributed by atoms with Gasteiger partial charge in [0.2, 0.25) is 0 Å². The van der Waals surface area contributed by atoms with Crippen molar-refractivity contribution in [3.8, 4) is 11.3 Å². The molecular formula is C9H10N2O2. The summed E-state index contributed by atoms with van der Waals surface area (Å²) in [6, 6.07) is 1.91. The van der Waals surface area contributed by atoms with Crippen molar-refractivity contribution in [2.75, 3.05) is 6.54 Å². The van der Waals surface area contributed by atoms with Gasteiger partial charge in [-0.05, 0) is 24.6 Å². The zero-order chi connectivity index (χ0) is 9.10. The minimum absolute atomic E-state index is 0.609. The molecule has 4 heteroatoms. The van der Waals surface area contributed by atoms with E-state index in [0.29, 0.717) is 6.54 Å². The average Bonchev–Trinajstić information content (AvgIpc) is 2.71. The standard InChI is InChI=1S/C9H10N2O2/c10-3-1-7-2-4-12-9(7)8-5-11-13-6-8/h2,4-6H,1,3,10H2. The quantitative estimate of drug-likeness (QED) is 0.772. The Bertz CT molecular complexity index is 365. The lowest BCUT2D eigenvalue weighted by molar-refractivity contribution is 0.419. The van der Waals surface area contributed by atoms with Crippen molar-refractivity contribution in [3.63, 3.8) is 0 Å². The second-order valence-corrected chi connectivity index (χ2v) is 2.73. The number of hydrogen-bond donors (Lipinski definition) is 1. The molecule has 2 N–H and O–H groups in total. The molecule has 0 bridgehead atoms. The third kappa shape index (κ3) is 1.48. The van der Waals surface area contributed by atoms with Crippen molar-refractivity contribution in [1.82, 2.24) is 5.16 Å². The molecule has 0 atom stereocenters. The number of aromatic nitrogens is 1. The van der Waals surface area contributed by atoms with E-state index in [4.69, 9.17) is 14.7 Å². The van der Waals surface area contributed by atoms with Gasteiger partial charge >= 0.3 is 0 Å². The Morgan fingerprint density at radius 1 is 1.46 bits per heavy atom. The molecule has 0 radical (unpaired) electrons. The van der Waals surface area contributed by atoms with E-state index in [-0.39, 0.29) is 0 Å². The molecule has 0 aliphatic rings. The molecule has 13 heavy (non-hydrogen) atoms. The van der Waals surface area contributed by atoms with Gasteiger partial charge in [0.05, 0.1) is 18.0 Å². The van der Waals surface area contributed by atoms with Crippen LogP contribution in [0.1, 0.15) is 5.56 Å². The molecule has 2 aromatic rings. The van der Waals surface area contributed by atoms with Gasteiger partial charge in [0.1, 0.15) is 12.0 Å². The monoisotopic (exact) mass is 178 g/mol. The fraction of sp³-hybridized carbons (Fsp3) is 0.222. The Morgan fingerprint density at radius 2 is 2.38 bits per heavy atom. The number of hydrogen-bond acceptors (Lipinski definition) is 4. The number of furan rings is 1. The summed E-state index contributed by atoms with van der Waals surface area (Å²) in [4.78, 5) is 0. The van der Waals surface area contributed by atoms with Crippen LogP contribution in [0.4, 0.5) is 0 Å². The summed E-state index contributed by atoms with van der Waals surface area (Å²) >= 11 is 0. The van der Waals surface area contributed by atoms with E-state index >= 15 is 0 Å². The molecule has 0 aliphatic carbocycles. The third-order valence-electron chi connectivity index (χ3n) is 1.85.